The van der Waals surface area contributed by atoms with Gasteiger partial charge in [0, 0.05) is 56.3 Å². The van der Waals surface area contributed by atoms with Crippen LogP contribution in [0.1, 0.15) is 18.4 Å². The van der Waals surface area contributed by atoms with Crippen molar-refractivity contribution in [2.24, 2.45) is 0 Å². The Hall–Kier alpha value is -4.34. The molecule has 1 saturated heterocycles. The molecular weight excluding hydrogens is 661 g/mol. The van der Waals surface area contributed by atoms with Crippen molar-refractivity contribution in [3.8, 4) is 16.9 Å². The summed E-state index contributed by atoms with van der Waals surface area (Å²) < 4.78 is 7.89. The van der Waals surface area contributed by atoms with Crippen LogP contribution in [0.2, 0.25) is 10.0 Å². The topological polar surface area (TPSA) is 72.3 Å². The number of hydrogen-bond acceptors (Lipinski definition) is 7. The van der Waals surface area contributed by atoms with E-state index in [9.17, 15) is 4.79 Å². The van der Waals surface area contributed by atoms with Crippen LogP contribution in [-0.4, -0.2) is 45.7 Å². The highest BCUT2D eigenvalue weighted by molar-refractivity contribution is 7.99. The van der Waals surface area contributed by atoms with E-state index >= 15 is 0 Å². The predicted molar refractivity (Wildman–Crippen MR) is 196 cm³/mol. The summed E-state index contributed by atoms with van der Waals surface area (Å²) >= 11 is 14.5. The number of likely N-dealkylation sites (tertiary alicyclic amines) is 1. The SMILES string of the molecule is CN1CCC(Oc2ccc(Nc3ncc4cc(-c5ccc(Cl)cc5Cl)c(=O)n(Cc5ccc(Sc6ccccc6)cc5)c4n3)cc2)CC1. The Labute approximate surface area is 293 Å². The molecule has 4 aromatic carbocycles. The fraction of sp³-hybridized carbons (Fsp3) is 0.184. The van der Waals surface area contributed by atoms with Gasteiger partial charge in [0.15, 0.2) is 0 Å². The molecule has 7 nitrogen and oxygen atoms in total. The fourth-order valence-corrected chi connectivity index (χ4v) is 7.13. The molecule has 0 spiro atoms. The highest BCUT2D eigenvalue weighted by atomic mass is 35.5. The van der Waals surface area contributed by atoms with Crippen LogP contribution in [0.15, 0.2) is 124 Å². The van der Waals surface area contributed by atoms with Crippen LogP contribution in [0, 0.1) is 0 Å². The van der Waals surface area contributed by atoms with Gasteiger partial charge in [0.25, 0.3) is 5.56 Å². The smallest absolute Gasteiger partial charge is 0.260 e. The number of pyridine rings is 1. The lowest BCUT2D eigenvalue weighted by Crippen LogP contribution is -2.35. The second-order valence-electron chi connectivity index (χ2n) is 11.9. The maximum atomic E-state index is 14.2. The highest BCUT2D eigenvalue weighted by Crippen LogP contribution is 2.31. The zero-order valence-electron chi connectivity index (χ0n) is 26.3. The molecule has 0 aliphatic carbocycles. The van der Waals surface area contributed by atoms with Gasteiger partial charge >= 0.3 is 0 Å². The molecule has 2 aromatic heterocycles. The Morgan fingerprint density at radius 2 is 1.60 bits per heavy atom. The number of aromatic nitrogens is 3. The number of nitrogens with one attached hydrogen (secondary N) is 1. The van der Waals surface area contributed by atoms with Crippen molar-refractivity contribution in [1.82, 2.24) is 19.4 Å². The van der Waals surface area contributed by atoms with E-state index in [-0.39, 0.29) is 11.7 Å². The van der Waals surface area contributed by atoms with Gasteiger partial charge in [0.1, 0.15) is 17.5 Å². The van der Waals surface area contributed by atoms with Gasteiger partial charge in [-0.2, -0.15) is 4.98 Å². The predicted octanol–water partition coefficient (Wildman–Crippen LogP) is 9.18. The summed E-state index contributed by atoms with van der Waals surface area (Å²) in [6.45, 7) is 2.40. The van der Waals surface area contributed by atoms with Gasteiger partial charge < -0.3 is 15.0 Å². The van der Waals surface area contributed by atoms with Crippen LogP contribution in [0.5, 0.6) is 5.75 Å². The molecule has 0 radical (unpaired) electrons. The number of benzene rings is 4. The molecule has 0 atom stereocenters. The highest BCUT2D eigenvalue weighted by Gasteiger charge is 2.19. The van der Waals surface area contributed by atoms with E-state index in [2.05, 4.69) is 46.5 Å². The van der Waals surface area contributed by atoms with E-state index in [0.717, 1.165) is 52.7 Å². The standard InChI is InChI=1S/C38H33Cl2N5O2S/c1-44-19-17-30(18-20-44)47-29-12-10-28(11-13-29)42-38-41-23-26-21-34(33-16-9-27(39)22-35(33)40)37(46)45(36(26)43-38)24-25-7-14-32(15-8-25)48-31-5-3-2-4-6-31/h2-16,21-23,30H,17-20,24H2,1H3,(H,41,42,43). The molecule has 3 heterocycles. The summed E-state index contributed by atoms with van der Waals surface area (Å²) in [7, 11) is 2.14. The largest absolute Gasteiger partial charge is 0.490 e. The minimum atomic E-state index is -0.213. The van der Waals surface area contributed by atoms with E-state index in [1.807, 2.05) is 54.6 Å². The first-order valence-electron chi connectivity index (χ1n) is 15.8. The molecule has 6 aromatic rings. The van der Waals surface area contributed by atoms with Crippen LogP contribution >= 0.6 is 35.0 Å². The van der Waals surface area contributed by atoms with Gasteiger partial charge in [-0.1, -0.05) is 71.4 Å². The summed E-state index contributed by atoms with van der Waals surface area (Å²) in [6.07, 6.45) is 4.00. The molecule has 1 aliphatic heterocycles. The summed E-state index contributed by atoms with van der Waals surface area (Å²) in [5.41, 5.74) is 3.12. The summed E-state index contributed by atoms with van der Waals surface area (Å²) in [5, 5.41) is 4.90. The number of piperidine rings is 1. The molecule has 1 fully saturated rings. The van der Waals surface area contributed by atoms with E-state index < -0.39 is 0 Å². The third-order valence-corrected chi connectivity index (χ3v) is 9.93. The maximum absolute atomic E-state index is 14.2. The monoisotopic (exact) mass is 693 g/mol. The van der Waals surface area contributed by atoms with Crippen molar-refractivity contribution in [3.63, 3.8) is 0 Å². The normalized spacial score (nSPS) is 13.9. The Bertz CT molecular complexity index is 2100. The first kappa shape index (κ1) is 32.2. The van der Waals surface area contributed by atoms with Crippen LogP contribution < -0.4 is 15.6 Å². The van der Waals surface area contributed by atoms with Crippen molar-refractivity contribution >= 4 is 57.6 Å². The van der Waals surface area contributed by atoms with Crippen molar-refractivity contribution in [3.05, 3.63) is 135 Å². The van der Waals surface area contributed by atoms with Crippen LogP contribution in [0.3, 0.4) is 0 Å². The Kier molecular flexibility index (Phi) is 9.68. The summed E-state index contributed by atoms with van der Waals surface area (Å²) in [6, 6.07) is 33.2. The lowest BCUT2D eigenvalue weighted by Gasteiger charge is -2.29. The quantitative estimate of drug-likeness (QED) is 0.162. The van der Waals surface area contributed by atoms with E-state index in [0.29, 0.717) is 44.7 Å². The fourth-order valence-electron chi connectivity index (χ4n) is 5.78. The van der Waals surface area contributed by atoms with Crippen LogP contribution in [0.4, 0.5) is 11.6 Å². The van der Waals surface area contributed by atoms with Gasteiger partial charge in [-0.3, -0.25) is 9.36 Å². The third kappa shape index (κ3) is 7.53. The Balaban J connectivity index is 1.19. The number of nitrogens with zero attached hydrogens (tertiary/aromatic N) is 4. The second-order valence-corrected chi connectivity index (χ2v) is 13.9. The average Bonchev–Trinajstić information content (AvgIpc) is 3.09. The maximum Gasteiger partial charge on any atom is 0.260 e. The number of ether oxygens (including phenoxy) is 1. The van der Waals surface area contributed by atoms with E-state index in [1.165, 1.54) is 0 Å². The van der Waals surface area contributed by atoms with Gasteiger partial charge in [0.05, 0.1) is 11.6 Å². The van der Waals surface area contributed by atoms with Gasteiger partial charge in [-0.25, -0.2) is 4.98 Å². The molecular formula is C38H33Cl2N5O2S. The Morgan fingerprint density at radius 3 is 2.33 bits per heavy atom. The molecule has 48 heavy (non-hydrogen) atoms. The summed E-state index contributed by atoms with van der Waals surface area (Å²) in [5.74, 6) is 1.22. The Morgan fingerprint density at radius 1 is 0.875 bits per heavy atom. The average molecular weight is 695 g/mol. The van der Waals surface area contributed by atoms with Crippen molar-refractivity contribution in [2.75, 3.05) is 25.5 Å². The molecule has 0 amide bonds. The molecule has 0 saturated carbocycles. The second kappa shape index (κ2) is 14.4. The van der Waals surface area contributed by atoms with Crippen molar-refractivity contribution in [2.45, 2.75) is 35.3 Å². The molecule has 242 valence electrons. The van der Waals surface area contributed by atoms with Crippen molar-refractivity contribution in [1.29, 1.82) is 0 Å². The number of anilines is 2. The molecule has 10 heteroatoms. The van der Waals surface area contributed by atoms with E-state index in [4.69, 9.17) is 32.9 Å². The minimum absolute atomic E-state index is 0.213. The van der Waals surface area contributed by atoms with Crippen molar-refractivity contribution < 1.29 is 4.74 Å². The summed E-state index contributed by atoms with van der Waals surface area (Å²) in [4.78, 5) is 28.2. The van der Waals surface area contributed by atoms with Crippen LogP contribution in [-0.2, 0) is 6.54 Å². The molecule has 0 bridgehead atoms. The third-order valence-electron chi connectivity index (χ3n) is 8.37. The van der Waals surface area contributed by atoms with E-state index in [1.54, 1.807) is 46.8 Å². The zero-order valence-corrected chi connectivity index (χ0v) is 28.6. The number of hydrogen-bond donors (Lipinski definition) is 1. The molecule has 7 rings (SSSR count). The minimum Gasteiger partial charge on any atom is -0.490 e. The lowest BCUT2D eigenvalue weighted by molar-refractivity contribution is 0.114. The van der Waals surface area contributed by atoms with Gasteiger partial charge in [0.2, 0.25) is 5.95 Å². The zero-order chi connectivity index (χ0) is 33.0. The number of fused-ring (bicyclic) bond motifs is 1. The lowest BCUT2D eigenvalue weighted by atomic mass is 10.1. The molecule has 0 unspecified atom stereocenters. The number of halogens is 2. The molecule has 1 aliphatic rings. The molecule has 1 N–H and O–H groups in total. The van der Waals surface area contributed by atoms with Gasteiger partial charge in [-0.15, -0.1) is 0 Å². The van der Waals surface area contributed by atoms with Gasteiger partial charge in [-0.05, 0) is 92.2 Å². The first-order valence-corrected chi connectivity index (χ1v) is 17.4. The first-order chi connectivity index (χ1) is 23.4. The van der Waals surface area contributed by atoms with Crippen LogP contribution in [0.25, 0.3) is 22.2 Å². The number of rotatable bonds is 9.